The first kappa shape index (κ1) is 15.9. The van der Waals surface area contributed by atoms with Crippen molar-refractivity contribution < 1.29 is 4.79 Å². The van der Waals surface area contributed by atoms with E-state index in [0.717, 1.165) is 36.2 Å². The molecule has 0 bridgehead atoms. The Labute approximate surface area is 128 Å². The van der Waals surface area contributed by atoms with Crippen LogP contribution in [0.25, 0.3) is 0 Å². The number of benzene rings is 1. The third kappa shape index (κ3) is 4.76. The third-order valence-corrected chi connectivity index (χ3v) is 4.29. The van der Waals surface area contributed by atoms with Gasteiger partial charge in [0.1, 0.15) is 0 Å². The fraction of sp³-hybridized carbons (Fsp3) is 0.611. The molecule has 1 aliphatic carbocycles. The number of amides is 1. The van der Waals surface area contributed by atoms with Gasteiger partial charge in [-0.05, 0) is 50.5 Å². The van der Waals surface area contributed by atoms with Gasteiger partial charge >= 0.3 is 0 Å². The zero-order valence-corrected chi connectivity index (χ0v) is 13.4. The van der Waals surface area contributed by atoms with Gasteiger partial charge in [-0.15, -0.1) is 0 Å². The molecule has 0 unspecified atom stereocenters. The van der Waals surface area contributed by atoms with E-state index in [1.54, 1.807) is 0 Å². The summed E-state index contributed by atoms with van der Waals surface area (Å²) >= 11 is 0. The first-order valence-electron chi connectivity index (χ1n) is 8.36. The average Bonchev–Trinajstić information content (AvgIpc) is 2.42. The first-order chi connectivity index (χ1) is 10.2. The van der Waals surface area contributed by atoms with Crippen molar-refractivity contribution >= 4 is 11.6 Å². The van der Waals surface area contributed by atoms with E-state index in [-0.39, 0.29) is 5.91 Å². The summed E-state index contributed by atoms with van der Waals surface area (Å²) in [4.78, 5) is 12.5. The molecule has 0 aliphatic heterocycles. The van der Waals surface area contributed by atoms with E-state index in [9.17, 15) is 4.79 Å². The number of carbonyl (C=O) groups is 1. The quantitative estimate of drug-likeness (QED) is 0.868. The Kier molecular flexibility index (Phi) is 6.09. The lowest BCUT2D eigenvalue weighted by atomic mass is 9.96. The van der Waals surface area contributed by atoms with Crippen molar-refractivity contribution in [3.63, 3.8) is 0 Å². The van der Waals surface area contributed by atoms with Gasteiger partial charge < -0.3 is 10.6 Å². The molecule has 1 fully saturated rings. The molecule has 1 amide bonds. The zero-order valence-electron chi connectivity index (χ0n) is 13.4. The summed E-state index contributed by atoms with van der Waals surface area (Å²) < 4.78 is 0. The second kappa shape index (κ2) is 8.06. The van der Waals surface area contributed by atoms with Crippen LogP contribution in [0.4, 0.5) is 5.69 Å². The van der Waals surface area contributed by atoms with Crippen LogP contribution in [0.5, 0.6) is 0 Å². The Hall–Kier alpha value is -1.51. The standard InChI is InChI=1S/C18H28N2O/c1-3-19-16-11-12-17(14(2)13-16)18(21)20-15-9-7-5-4-6-8-10-15/h11-13,15,19H,3-10H2,1-2H3,(H,20,21). The van der Waals surface area contributed by atoms with Crippen LogP contribution in [-0.2, 0) is 0 Å². The molecule has 3 nitrogen and oxygen atoms in total. The molecule has 0 atom stereocenters. The van der Waals surface area contributed by atoms with Crippen LogP contribution < -0.4 is 10.6 Å². The number of hydrogen-bond acceptors (Lipinski definition) is 2. The predicted octanol–water partition coefficient (Wildman–Crippen LogP) is 4.27. The summed E-state index contributed by atoms with van der Waals surface area (Å²) in [6, 6.07) is 6.33. The molecule has 1 aromatic rings. The molecule has 3 heteroatoms. The Morgan fingerprint density at radius 2 is 1.81 bits per heavy atom. The number of hydrogen-bond donors (Lipinski definition) is 2. The van der Waals surface area contributed by atoms with Gasteiger partial charge in [0.15, 0.2) is 0 Å². The molecule has 1 saturated carbocycles. The van der Waals surface area contributed by atoms with Crippen LogP contribution in [0, 0.1) is 6.92 Å². The van der Waals surface area contributed by atoms with Crippen molar-refractivity contribution in [3.05, 3.63) is 29.3 Å². The number of aryl methyl sites for hydroxylation is 1. The highest BCUT2D eigenvalue weighted by Crippen LogP contribution is 2.19. The third-order valence-electron chi connectivity index (χ3n) is 4.29. The van der Waals surface area contributed by atoms with Crippen LogP contribution in [0.2, 0.25) is 0 Å². The minimum absolute atomic E-state index is 0.0844. The van der Waals surface area contributed by atoms with Gasteiger partial charge in [-0.25, -0.2) is 0 Å². The lowest BCUT2D eigenvalue weighted by Crippen LogP contribution is -2.35. The molecule has 21 heavy (non-hydrogen) atoms. The van der Waals surface area contributed by atoms with Gasteiger partial charge in [0.05, 0.1) is 0 Å². The van der Waals surface area contributed by atoms with Crippen molar-refractivity contribution in [2.45, 2.75) is 64.8 Å². The largest absolute Gasteiger partial charge is 0.385 e. The van der Waals surface area contributed by atoms with Gasteiger partial charge in [0.2, 0.25) is 0 Å². The smallest absolute Gasteiger partial charge is 0.251 e. The van der Waals surface area contributed by atoms with Gasteiger partial charge in [0.25, 0.3) is 5.91 Å². The fourth-order valence-electron chi connectivity index (χ4n) is 3.10. The van der Waals surface area contributed by atoms with Crippen molar-refractivity contribution in [2.24, 2.45) is 0 Å². The second-order valence-corrected chi connectivity index (χ2v) is 6.08. The van der Waals surface area contributed by atoms with E-state index in [1.807, 2.05) is 19.1 Å². The Balaban J connectivity index is 1.98. The van der Waals surface area contributed by atoms with Crippen LogP contribution in [0.1, 0.15) is 67.8 Å². The molecule has 2 N–H and O–H groups in total. The van der Waals surface area contributed by atoms with Crippen molar-refractivity contribution in [1.82, 2.24) is 5.32 Å². The summed E-state index contributed by atoms with van der Waals surface area (Å²) in [6.45, 7) is 4.98. The van der Waals surface area contributed by atoms with Gasteiger partial charge in [-0.3, -0.25) is 4.79 Å². The van der Waals surface area contributed by atoms with E-state index in [0.29, 0.717) is 6.04 Å². The van der Waals surface area contributed by atoms with Gasteiger partial charge in [-0.2, -0.15) is 0 Å². The molecule has 0 heterocycles. The van der Waals surface area contributed by atoms with Crippen LogP contribution in [-0.4, -0.2) is 18.5 Å². The fourth-order valence-corrected chi connectivity index (χ4v) is 3.10. The monoisotopic (exact) mass is 288 g/mol. The van der Waals surface area contributed by atoms with E-state index in [4.69, 9.17) is 0 Å². The maximum Gasteiger partial charge on any atom is 0.251 e. The Morgan fingerprint density at radius 3 is 2.43 bits per heavy atom. The molecule has 0 radical (unpaired) electrons. The molecule has 1 aromatic carbocycles. The highest BCUT2D eigenvalue weighted by atomic mass is 16.1. The van der Waals surface area contributed by atoms with Crippen LogP contribution in [0.3, 0.4) is 0 Å². The zero-order chi connectivity index (χ0) is 15.1. The van der Waals surface area contributed by atoms with Gasteiger partial charge in [0, 0.05) is 23.8 Å². The highest BCUT2D eigenvalue weighted by molar-refractivity contribution is 5.96. The molecule has 116 valence electrons. The van der Waals surface area contributed by atoms with E-state index < -0.39 is 0 Å². The summed E-state index contributed by atoms with van der Waals surface area (Å²) in [6.07, 6.45) is 8.70. The first-order valence-corrected chi connectivity index (χ1v) is 8.36. The SMILES string of the molecule is CCNc1ccc(C(=O)NC2CCCCCCC2)c(C)c1. The molecule has 0 spiro atoms. The topological polar surface area (TPSA) is 41.1 Å². The normalized spacial score (nSPS) is 16.9. The summed E-state index contributed by atoms with van der Waals surface area (Å²) in [5, 5.41) is 6.52. The number of carbonyl (C=O) groups excluding carboxylic acids is 1. The number of anilines is 1. The van der Waals surface area contributed by atoms with E-state index in [2.05, 4.69) is 23.6 Å². The maximum atomic E-state index is 12.5. The summed E-state index contributed by atoms with van der Waals surface area (Å²) in [5.74, 6) is 0.0844. The summed E-state index contributed by atoms with van der Waals surface area (Å²) in [5.41, 5.74) is 2.92. The maximum absolute atomic E-state index is 12.5. The lowest BCUT2D eigenvalue weighted by Gasteiger charge is -2.21. The van der Waals surface area contributed by atoms with Gasteiger partial charge in [-0.1, -0.05) is 32.1 Å². The minimum atomic E-state index is 0.0844. The Bertz CT molecular complexity index is 462. The molecule has 0 saturated heterocycles. The molecular formula is C18H28N2O. The number of rotatable bonds is 4. The second-order valence-electron chi connectivity index (χ2n) is 6.08. The average molecular weight is 288 g/mol. The van der Waals surface area contributed by atoms with Crippen molar-refractivity contribution in [2.75, 3.05) is 11.9 Å². The van der Waals surface area contributed by atoms with Crippen LogP contribution in [0.15, 0.2) is 18.2 Å². The molecule has 2 rings (SSSR count). The lowest BCUT2D eigenvalue weighted by molar-refractivity contribution is 0.0930. The van der Waals surface area contributed by atoms with Crippen molar-refractivity contribution in [3.8, 4) is 0 Å². The minimum Gasteiger partial charge on any atom is -0.385 e. The molecular weight excluding hydrogens is 260 g/mol. The highest BCUT2D eigenvalue weighted by Gasteiger charge is 2.16. The van der Waals surface area contributed by atoms with Crippen LogP contribution >= 0.6 is 0 Å². The van der Waals surface area contributed by atoms with Crippen molar-refractivity contribution in [1.29, 1.82) is 0 Å². The Morgan fingerprint density at radius 1 is 1.14 bits per heavy atom. The number of nitrogens with one attached hydrogen (secondary N) is 2. The molecule has 0 aromatic heterocycles. The predicted molar refractivity (Wildman–Crippen MR) is 88.9 cm³/mol. The summed E-state index contributed by atoms with van der Waals surface area (Å²) in [7, 11) is 0. The van der Waals surface area contributed by atoms with E-state index in [1.165, 1.54) is 32.1 Å². The van der Waals surface area contributed by atoms with E-state index >= 15 is 0 Å². The molecule has 1 aliphatic rings.